The summed E-state index contributed by atoms with van der Waals surface area (Å²) in [4.78, 5) is 63.7. The summed E-state index contributed by atoms with van der Waals surface area (Å²) in [5.74, 6) is -4.77. The fourth-order valence-corrected chi connectivity index (χ4v) is 6.14. The van der Waals surface area contributed by atoms with E-state index in [1.54, 1.807) is 11.9 Å². The van der Waals surface area contributed by atoms with Gasteiger partial charge in [-0.15, -0.1) is 0 Å². The third-order valence-corrected chi connectivity index (χ3v) is 8.58. The number of hydrogen-bond acceptors (Lipinski definition) is 14. The number of methoxy groups -OCH3 is 1. The van der Waals surface area contributed by atoms with Crippen molar-refractivity contribution in [1.82, 2.24) is 9.97 Å². The molecule has 0 spiro atoms. The van der Waals surface area contributed by atoms with Gasteiger partial charge in [0.05, 0.1) is 42.1 Å². The molecule has 0 bridgehead atoms. The summed E-state index contributed by atoms with van der Waals surface area (Å²) in [6, 6.07) is 3.64. The number of aliphatic hydroxyl groups excluding tert-OH is 2. The molecule has 6 unspecified atom stereocenters. The average molecular weight is 674 g/mol. The van der Waals surface area contributed by atoms with Gasteiger partial charge in [-0.05, 0) is 13.0 Å². The Morgan fingerprint density at radius 1 is 1.12 bits per heavy atom. The Balaban J connectivity index is 0.000000434. The molecular weight excluding hydrogens is 641 g/mol. The molecule has 1 aromatic heterocycles. The molecule has 16 nitrogen and oxygen atoms in total. The Bertz CT molecular complexity index is 1910. The highest BCUT2D eigenvalue weighted by Gasteiger charge is 2.50. The number of H-pyrrole nitrogens is 2. The van der Waals surface area contributed by atoms with Gasteiger partial charge in [0.25, 0.3) is 5.56 Å². The number of phenols is 2. The normalized spacial score (nSPS) is 26.0. The second kappa shape index (κ2) is 13.0. The van der Waals surface area contributed by atoms with Crippen LogP contribution in [0.2, 0.25) is 0 Å². The second-order valence-electron chi connectivity index (χ2n) is 11.6. The summed E-state index contributed by atoms with van der Waals surface area (Å²) in [7, 11) is 1.32. The number of Topliss-reactive ketones (excluding diaryl/α,β-unsaturated/α-hetero) is 1. The van der Waals surface area contributed by atoms with Crippen molar-refractivity contribution in [3.05, 3.63) is 84.4 Å². The molecule has 256 valence electrons. The third kappa shape index (κ3) is 5.91. The van der Waals surface area contributed by atoms with Gasteiger partial charge in [-0.2, -0.15) is 4.39 Å². The number of ketones is 3. The lowest BCUT2D eigenvalue weighted by Gasteiger charge is -2.42. The van der Waals surface area contributed by atoms with Crippen molar-refractivity contribution in [2.75, 3.05) is 13.7 Å². The van der Waals surface area contributed by atoms with Gasteiger partial charge in [-0.3, -0.25) is 24.2 Å². The third-order valence-electron chi connectivity index (χ3n) is 8.58. The summed E-state index contributed by atoms with van der Waals surface area (Å²) < 4.78 is 29.0. The van der Waals surface area contributed by atoms with Gasteiger partial charge in [-0.25, -0.2) is 4.79 Å². The number of ether oxygens (including phenoxy) is 3. The van der Waals surface area contributed by atoms with Crippen LogP contribution in [-0.4, -0.2) is 96.7 Å². The van der Waals surface area contributed by atoms with E-state index >= 15 is 0 Å². The Labute approximate surface area is 269 Å². The predicted octanol–water partition coefficient (Wildman–Crippen LogP) is -0.796. The highest BCUT2D eigenvalue weighted by molar-refractivity contribution is 6.31. The van der Waals surface area contributed by atoms with Crippen molar-refractivity contribution in [2.24, 2.45) is 5.73 Å². The molecule has 17 heteroatoms. The first-order valence-corrected chi connectivity index (χ1v) is 14.6. The summed E-state index contributed by atoms with van der Waals surface area (Å²) in [6.07, 6.45) is -4.41. The number of aromatic nitrogens is 2. The lowest BCUT2D eigenvalue weighted by Crippen LogP contribution is -2.53. The van der Waals surface area contributed by atoms with Crippen molar-refractivity contribution >= 4 is 17.3 Å². The van der Waals surface area contributed by atoms with E-state index in [9.17, 15) is 53.9 Å². The smallest absolute Gasteiger partial charge is 0.325 e. The average Bonchev–Trinajstić information content (AvgIpc) is 3.05. The van der Waals surface area contributed by atoms with Crippen LogP contribution in [0.15, 0.2) is 34.0 Å². The van der Waals surface area contributed by atoms with Crippen LogP contribution in [0, 0.1) is 5.82 Å². The number of fused-ring (bicyclic) bond motifs is 3. The Hall–Kier alpha value is -4.78. The first-order chi connectivity index (χ1) is 22.6. The van der Waals surface area contributed by atoms with Gasteiger partial charge in [-0.1, -0.05) is 12.1 Å². The zero-order valence-electron chi connectivity index (χ0n) is 25.5. The summed E-state index contributed by atoms with van der Waals surface area (Å²) in [5.41, 5.74) is 0.666. The van der Waals surface area contributed by atoms with Gasteiger partial charge < -0.3 is 50.5 Å². The summed E-state index contributed by atoms with van der Waals surface area (Å²) >= 11 is 0. The molecule has 1 fully saturated rings. The van der Waals surface area contributed by atoms with E-state index in [2.05, 4.69) is 0 Å². The van der Waals surface area contributed by atoms with Gasteiger partial charge in [0, 0.05) is 48.2 Å². The SMILES string of the molecule is COc1cccc2c1C(=O)c1c(O)c3c(c(O)c1C2=O)CC(O)(C(=O)CO)CC3OC1CC(N)C(O)C(C)O1.O=c1[nH]cc(F)c(=O)[nH]1. The minimum Gasteiger partial charge on any atom is -0.507 e. The molecule has 2 aliphatic carbocycles. The second-order valence-corrected chi connectivity index (χ2v) is 11.6. The number of nitrogens with one attached hydrogen (secondary N) is 2. The van der Waals surface area contributed by atoms with Crippen LogP contribution in [-0.2, 0) is 20.7 Å². The topological polar surface area (TPSA) is 272 Å². The number of nitrogens with two attached hydrogens (primary N) is 1. The highest BCUT2D eigenvalue weighted by atomic mass is 19.1. The number of aromatic amines is 2. The van der Waals surface area contributed by atoms with E-state index in [1.165, 1.54) is 25.3 Å². The van der Waals surface area contributed by atoms with Crippen LogP contribution in [0.3, 0.4) is 0 Å². The van der Waals surface area contributed by atoms with Gasteiger partial charge in [0.15, 0.2) is 17.9 Å². The lowest BCUT2D eigenvalue weighted by molar-refractivity contribution is -0.247. The minimum atomic E-state index is -2.24. The fourth-order valence-electron chi connectivity index (χ4n) is 6.14. The molecule has 9 N–H and O–H groups in total. The van der Waals surface area contributed by atoms with Crippen LogP contribution >= 0.6 is 0 Å². The van der Waals surface area contributed by atoms with Crippen LogP contribution < -0.4 is 21.7 Å². The van der Waals surface area contributed by atoms with Gasteiger partial charge in [0.2, 0.25) is 11.6 Å². The molecule has 2 aromatic carbocycles. The summed E-state index contributed by atoms with van der Waals surface area (Å²) in [6.45, 7) is 0.560. The minimum absolute atomic E-state index is 0.0173. The number of phenolic OH excluding ortho intramolecular Hbond substituents is 2. The van der Waals surface area contributed by atoms with E-state index in [0.29, 0.717) is 6.20 Å². The predicted molar refractivity (Wildman–Crippen MR) is 159 cm³/mol. The molecule has 1 saturated heterocycles. The number of aromatic hydroxyl groups is 2. The summed E-state index contributed by atoms with van der Waals surface area (Å²) in [5, 5.41) is 53.7. The molecule has 3 aromatic rings. The monoisotopic (exact) mass is 673 g/mol. The van der Waals surface area contributed by atoms with Crippen molar-refractivity contribution in [3.63, 3.8) is 0 Å². The van der Waals surface area contributed by atoms with E-state index in [-0.39, 0.29) is 34.4 Å². The number of carbonyl (C=O) groups excluding carboxylic acids is 3. The molecule has 3 aliphatic rings. The molecule has 2 heterocycles. The fraction of sp³-hybridized carbons (Fsp3) is 0.387. The van der Waals surface area contributed by atoms with Crippen molar-refractivity contribution in [2.45, 2.75) is 62.4 Å². The van der Waals surface area contributed by atoms with E-state index < -0.39 is 113 Å². The zero-order valence-corrected chi connectivity index (χ0v) is 25.5. The van der Waals surface area contributed by atoms with E-state index in [0.717, 1.165) is 0 Å². The quantitative estimate of drug-likeness (QED) is 0.121. The molecule has 48 heavy (non-hydrogen) atoms. The van der Waals surface area contributed by atoms with Crippen LogP contribution in [0.1, 0.15) is 68.8 Å². The van der Waals surface area contributed by atoms with Crippen LogP contribution in [0.25, 0.3) is 0 Å². The zero-order chi connectivity index (χ0) is 35.2. The Morgan fingerprint density at radius 3 is 2.42 bits per heavy atom. The van der Waals surface area contributed by atoms with Crippen LogP contribution in [0.4, 0.5) is 4.39 Å². The Morgan fingerprint density at radius 2 is 1.81 bits per heavy atom. The number of benzene rings is 2. The van der Waals surface area contributed by atoms with E-state index in [1.807, 2.05) is 4.98 Å². The number of carbonyl (C=O) groups is 3. The largest absolute Gasteiger partial charge is 0.507 e. The van der Waals surface area contributed by atoms with E-state index in [4.69, 9.17) is 19.9 Å². The number of hydrogen-bond donors (Lipinski definition) is 8. The standard InChI is InChI=1S/C27H29NO11.C4H3FN2O2/c1-10-22(31)13(28)6-17(38-10)39-15-8-27(36,16(30)9-29)7-12-19(15)26(35)21-20(24(12)33)23(32)11-4-3-5-14(37-2)18(11)25(21)34;5-2-1-6-4(9)7-3(2)8/h3-5,10,13,15,17,22,29,31,33,35-36H,6-9,28H2,1-2H3;1H,(H2,6,7,8,9). The maximum absolute atomic E-state index is 13.6. The highest BCUT2D eigenvalue weighted by Crippen LogP contribution is 2.52. The maximum Gasteiger partial charge on any atom is 0.325 e. The molecule has 0 amide bonds. The molecule has 0 saturated carbocycles. The number of halogens is 1. The van der Waals surface area contributed by atoms with Crippen molar-refractivity contribution in [1.29, 1.82) is 0 Å². The van der Waals surface area contributed by atoms with Gasteiger partial charge >= 0.3 is 5.69 Å². The molecule has 1 aliphatic heterocycles. The number of rotatable bonds is 5. The first-order valence-electron chi connectivity index (χ1n) is 14.6. The molecule has 6 rings (SSSR count). The lowest BCUT2D eigenvalue weighted by atomic mass is 9.72. The number of aliphatic hydroxyl groups is 3. The van der Waals surface area contributed by atoms with Gasteiger partial charge in [0.1, 0.15) is 29.5 Å². The Kier molecular flexibility index (Phi) is 9.37. The first kappa shape index (κ1) is 34.6. The van der Waals surface area contributed by atoms with Crippen molar-refractivity contribution in [3.8, 4) is 17.2 Å². The molecule has 6 atom stereocenters. The maximum atomic E-state index is 13.6. The molecular formula is C31H32FN3O13. The van der Waals surface area contributed by atoms with Crippen molar-refractivity contribution < 1.29 is 58.5 Å². The molecule has 0 radical (unpaired) electrons. The van der Waals surface area contributed by atoms with Crippen LogP contribution in [0.5, 0.6) is 17.2 Å².